The number of amides is 1. The molecule has 1 aromatic heterocycles. The van der Waals surface area contributed by atoms with Gasteiger partial charge in [0.15, 0.2) is 0 Å². The van der Waals surface area contributed by atoms with Crippen LogP contribution in [-0.2, 0) is 18.4 Å². The maximum absolute atomic E-state index is 12.7. The van der Waals surface area contributed by atoms with Crippen molar-refractivity contribution in [2.45, 2.75) is 25.4 Å². The predicted octanol–water partition coefficient (Wildman–Crippen LogP) is 1.58. The number of aromatic nitrogens is 2. The molecule has 0 aliphatic carbocycles. The summed E-state index contributed by atoms with van der Waals surface area (Å²) in [6, 6.07) is 11.0. The summed E-state index contributed by atoms with van der Waals surface area (Å²) >= 11 is 0. The molecule has 2 heterocycles. The van der Waals surface area contributed by atoms with Gasteiger partial charge in [0.05, 0.1) is 23.4 Å². The molecule has 0 radical (unpaired) electrons. The molecule has 0 unspecified atom stereocenters. The van der Waals surface area contributed by atoms with E-state index in [1.54, 1.807) is 21.7 Å². The van der Waals surface area contributed by atoms with E-state index in [1.807, 2.05) is 31.4 Å². The third-order valence-electron chi connectivity index (χ3n) is 4.05. The van der Waals surface area contributed by atoms with Crippen LogP contribution in [0.1, 0.15) is 24.1 Å². The Bertz CT molecular complexity index is 728. The van der Waals surface area contributed by atoms with Crippen LogP contribution >= 0.6 is 0 Å². The van der Waals surface area contributed by atoms with Crippen molar-refractivity contribution in [2.75, 3.05) is 11.4 Å². The van der Waals surface area contributed by atoms with Gasteiger partial charge >= 0.3 is 0 Å². The number of benzene rings is 1. The van der Waals surface area contributed by atoms with Gasteiger partial charge in [-0.15, -0.1) is 0 Å². The van der Waals surface area contributed by atoms with Crippen molar-refractivity contribution in [3.05, 3.63) is 47.8 Å². The monoisotopic (exact) mass is 309 g/mol. The fraction of sp³-hybridized carbons (Fsp3) is 0.353. The summed E-state index contributed by atoms with van der Waals surface area (Å²) in [4.78, 5) is 14.5. The van der Waals surface area contributed by atoms with Crippen molar-refractivity contribution < 1.29 is 4.79 Å². The molecule has 0 saturated carbocycles. The summed E-state index contributed by atoms with van der Waals surface area (Å²) < 4.78 is 1.75. The minimum atomic E-state index is -0.193. The fourth-order valence-corrected chi connectivity index (χ4v) is 2.82. The number of nitrogens with zero attached hydrogens (tertiary/aromatic N) is 4. The lowest BCUT2D eigenvalue weighted by Crippen LogP contribution is -2.50. The largest absolute Gasteiger partial charge is 0.311 e. The molecule has 6 nitrogen and oxygen atoms in total. The first-order chi connectivity index (χ1) is 11.2. The van der Waals surface area contributed by atoms with Crippen molar-refractivity contribution in [1.82, 2.24) is 15.1 Å². The third kappa shape index (κ3) is 3.41. The topological polar surface area (TPSA) is 74.0 Å². The summed E-state index contributed by atoms with van der Waals surface area (Å²) in [5, 5.41) is 16.5. The molecule has 1 aliphatic heterocycles. The zero-order chi connectivity index (χ0) is 16.2. The molecule has 23 heavy (non-hydrogen) atoms. The number of carbonyl (C=O) groups is 1. The van der Waals surface area contributed by atoms with Crippen LogP contribution in [0.3, 0.4) is 0 Å². The average Bonchev–Trinajstić information content (AvgIpc) is 2.99. The van der Waals surface area contributed by atoms with Gasteiger partial charge in [-0.25, -0.2) is 0 Å². The Labute approximate surface area is 135 Å². The number of hydrogen-bond acceptors (Lipinski definition) is 4. The SMILES string of the molecule is Cn1ccc(CN[C@@H]2CCCN(c3ccc(C#N)cc3)C2=O)n1. The van der Waals surface area contributed by atoms with Gasteiger partial charge in [-0.2, -0.15) is 10.4 Å². The molecule has 1 atom stereocenters. The van der Waals surface area contributed by atoms with Crippen molar-refractivity contribution in [2.24, 2.45) is 7.05 Å². The highest BCUT2D eigenvalue weighted by Gasteiger charge is 2.29. The fourth-order valence-electron chi connectivity index (χ4n) is 2.82. The summed E-state index contributed by atoms with van der Waals surface area (Å²) in [5.74, 6) is 0.0805. The van der Waals surface area contributed by atoms with Gasteiger partial charge in [-0.3, -0.25) is 9.48 Å². The minimum absolute atomic E-state index is 0.0805. The van der Waals surface area contributed by atoms with Crippen LogP contribution in [0.2, 0.25) is 0 Å². The molecule has 0 bridgehead atoms. The first-order valence-corrected chi connectivity index (χ1v) is 7.71. The third-order valence-corrected chi connectivity index (χ3v) is 4.05. The van der Waals surface area contributed by atoms with Gasteiger partial charge in [0.1, 0.15) is 0 Å². The highest BCUT2D eigenvalue weighted by molar-refractivity contribution is 5.97. The van der Waals surface area contributed by atoms with E-state index in [4.69, 9.17) is 5.26 Å². The highest BCUT2D eigenvalue weighted by Crippen LogP contribution is 2.21. The van der Waals surface area contributed by atoms with Crippen molar-refractivity contribution >= 4 is 11.6 Å². The molecule has 0 spiro atoms. The molecule has 3 rings (SSSR count). The van der Waals surface area contributed by atoms with Crippen LogP contribution in [0.4, 0.5) is 5.69 Å². The van der Waals surface area contributed by atoms with Gasteiger partial charge in [0, 0.05) is 32.0 Å². The van der Waals surface area contributed by atoms with E-state index >= 15 is 0 Å². The van der Waals surface area contributed by atoms with Gasteiger partial charge in [-0.05, 0) is 43.2 Å². The number of nitrogens with one attached hydrogen (secondary N) is 1. The first-order valence-electron chi connectivity index (χ1n) is 7.71. The number of piperidine rings is 1. The zero-order valence-corrected chi connectivity index (χ0v) is 13.1. The highest BCUT2D eigenvalue weighted by atomic mass is 16.2. The molecule has 1 saturated heterocycles. The molecule has 1 fully saturated rings. The second-order valence-corrected chi connectivity index (χ2v) is 5.71. The normalized spacial score (nSPS) is 18.0. The zero-order valence-electron chi connectivity index (χ0n) is 13.1. The maximum atomic E-state index is 12.7. The van der Waals surface area contributed by atoms with Crippen molar-refractivity contribution in [1.29, 1.82) is 5.26 Å². The summed E-state index contributed by atoms with van der Waals surface area (Å²) in [7, 11) is 1.88. The van der Waals surface area contributed by atoms with E-state index in [0.29, 0.717) is 18.7 Å². The van der Waals surface area contributed by atoms with E-state index < -0.39 is 0 Å². The quantitative estimate of drug-likeness (QED) is 0.930. The number of nitriles is 1. The Kier molecular flexibility index (Phi) is 4.40. The predicted molar refractivity (Wildman–Crippen MR) is 86.6 cm³/mol. The van der Waals surface area contributed by atoms with Gasteiger partial charge in [-0.1, -0.05) is 0 Å². The molecule has 6 heteroatoms. The molecule has 1 N–H and O–H groups in total. The van der Waals surface area contributed by atoms with E-state index in [-0.39, 0.29) is 11.9 Å². The second-order valence-electron chi connectivity index (χ2n) is 5.71. The second kappa shape index (κ2) is 6.63. The number of aryl methyl sites for hydroxylation is 1. The Hall–Kier alpha value is -2.65. The Balaban J connectivity index is 1.66. The van der Waals surface area contributed by atoms with Crippen molar-refractivity contribution in [3.63, 3.8) is 0 Å². The lowest BCUT2D eigenvalue weighted by molar-refractivity contribution is -0.121. The maximum Gasteiger partial charge on any atom is 0.244 e. The number of rotatable bonds is 4. The van der Waals surface area contributed by atoms with Gasteiger partial charge in [0.2, 0.25) is 5.91 Å². The molecule has 1 amide bonds. The van der Waals surface area contributed by atoms with Crippen LogP contribution in [0, 0.1) is 11.3 Å². The van der Waals surface area contributed by atoms with Crippen LogP contribution < -0.4 is 10.2 Å². The number of hydrogen-bond donors (Lipinski definition) is 1. The molecular formula is C17H19N5O. The smallest absolute Gasteiger partial charge is 0.244 e. The van der Waals surface area contributed by atoms with Crippen molar-refractivity contribution in [3.8, 4) is 6.07 Å². The molecular weight excluding hydrogens is 290 g/mol. The molecule has 1 aliphatic rings. The summed E-state index contributed by atoms with van der Waals surface area (Å²) in [6.07, 6.45) is 3.67. The Morgan fingerprint density at radius 3 is 2.78 bits per heavy atom. The number of carbonyl (C=O) groups excluding carboxylic acids is 1. The molecule has 2 aromatic rings. The van der Waals surface area contributed by atoms with E-state index in [0.717, 1.165) is 24.2 Å². The first kappa shape index (κ1) is 15.3. The van der Waals surface area contributed by atoms with E-state index in [1.165, 1.54) is 0 Å². The summed E-state index contributed by atoms with van der Waals surface area (Å²) in [5.41, 5.74) is 2.37. The standard InChI is InChI=1S/C17H19N5O/c1-21-10-8-14(20-21)12-19-16-3-2-9-22(17(16)23)15-6-4-13(11-18)5-7-15/h4-8,10,16,19H,2-3,9,12H2,1H3/t16-/m1/s1. The van der Waals surface area contributed by atoms with Crippen LogP contribution in [0.25, 0.3) is 0 Å². The lowest BCUT2D eigenvalue weighted by atomic mass is 10.0. The molecule has 118 valence electrons. The minimum Gasteiger partial charge on any atom is -0.311 e. The average molecular weight is 309 g/mol. The van der Waals surface area contributed by atoms with Gasteiger partial charge < -0.3 is 10.2 Å². The van der Waals surface area contributed by atoms with E-state index in [2.05, 4.69) is 16.5 Å². The summed E-state index contributed by atoms with van der Waals surface area (Å²) in [6.45, 7) is 1.30. The lowest BCUT2D eigenvalue weighted by Gasteiger charge is -2.32. The van der Waals surface area contributed by atoms with Crippen LogP contribution in [0.5, 0.6) is 0 Å². The van der Waals surface area contributed by atoms with E-state index in [9.17, 15) is 4.79 Å². The van der Waals surface area contributed by atoms with Crippen LogP contribution in [0.15, 0.2) is 36.5 Å². The van der Waals surface area contributed by atoms with Gasteiger partial charge in [0.25, 0.3) is 0 Å². The molecule has 1 aromatic carbocycles. The number of anilines is 1. The Morgan fingerprint density at radius 2 is 2.13 bits per heavy atom. The Morgan fingerprint density at radius 1 is 1.35 bits per heavy atom. The van der Waals surface area contributed by atoms with Crippen LogP contribution in [-0.4, -0.2) is 28.3 Å².